The summed E-state index contributed by atoms with van der Waals surface area (Å²) in [5.41, 5.74) is 0.0191. The summed E-state index contributed by atoms with van der Waals surface area (Å²) in [4.78, 5) is 21.9. The standard InChI is InChI=1S/C12H12FNO4/c1-2-11(15)17-7-8-18-12(16)14-10-6-4-3-5-9(10)13/h2-6H,1,7-8H2,(H,14,16). The number of benzene rings is 1. The Morgan fingerprint density at radius 2 is 1.94 bits per heavy atom. The van der Waals surface area contributed by atoms with Gasteiger partial charge in [-0.3, -0.25) is 5.32 Å². The highest BCUT2D eigenvalue weighted by atomic mass is 19.1. The molecule has 18 heavy (non-hydrogen) atoms. The number of carbonyl (C=O) groups is 2. The molecule has 6 heteroatoms. The fourth-order valence-corrected chi connectivity index (χ4v) is 1.04. The predicted octanol–water partition coefficient (Wildman–Crippen LogP) is 2.10. The van der Waals surface area contributed by atoms with Crippen LogP contribution >= 0.6 is 0 Å². The second kappa shape index (κ2) is 7.05. The van der Waals surface area contributed by atoms with Gasteiger partial charge in [-0.15, -0.1) is 0 Å². The number of ether oxygens (including phenoxy) is 2. The first-order valence-electron chi connectivity index (χ1n) is 5.11. The first kappa shape index (κ1) is 13.7. The molecule has 0 unspecified atom stereocenters. The third-order valence-electron chi connectivity index (χ3n) is 1.84. The molecule has 1 rings (SSSR count). The summed E-state index contributed by atoms with van der Waals surface area (Å²) in [6, 6.07) is 5.68. The lowest BCUT2D eigenvalue weighted by atomic mass is 10.3. The number of anilines is 1. The molecule has 0 aliphatic carbocycles. The second-order valence-electron chi connectivity index (χ2n) is 3.11. The largest absolute Gasteiger partial charge is 0.459 e. The van der Waals surface area contributed by atoms with Crippen LogP contribution in [0.2, 0.25) is 0 Å². The van der Waals surface area contributed by atoms with Crippen LogP contribution in [0.1, 0.15) is 0 Å². The molecule has 0 spiro atoms. The molecular formula is C12H12FNO4. The average Bonchev–Trinajstić information content (AvgIpc) is 2.37. The van der Waals surface area contributed by atoms with E-state index in [0.717, 1.165) is 6.08 Å². The van der Waals surface area contributed by atoms with Gasteiger partial charge in [0.1, 0.15) is 19.0 Å². The second-order valence-corrected chi connectivity index (χ2v) is 3.11. The topological polar surface area (TPSA) is 64.6 Å². The van der Waals surface area contributed by atoms with Gasteiger partial charge in [-0.2, -0.15) is 0 Å². The molecule has 1 N–H and O–H groups in total. The molecule has 1 aromatic carbocycles. The number of esters is 1. The minimum Gasteiger partial charge on any atom is -0.459 e. The fourth-order valence-electron chi connectivity index (χ4n) is 1.04. The molecule has 0 bridgehead atoms. The van der Waals surface area contributed by atoms with E-state index in [1.807, 2.05) is 0 Å². The Bertz CT molecular complexity index is 447. The van der Waals surface area contributed by atoms with Gasteiger partial charge in [0.25, 0.3) is 0 Å². The van der Waals surface area contributed by atoms with Crippen molar-refractivity contribution in [1.82, 2.24) is 0 Å². The number of rotatable bonds is 5. The fraction of sp³-hybridized carbons (Fsp3) is 0.167. The maximum Gasteiger partial charge on any atom is 0.411 e. The van der Waals surface area contributed by atoms with Crippen LogP contribution in [-0.4, -0.2) is 25.3 Å². The lowest BCUT2D eigenvalue weighted by Crippen LogP contribution is -2.18. The Kier molecular flexibility index (Phi) is 5.37. The third-order valence-corrected chi connectivity index (χ3v) is 1.84. The van der Waals surface area contributed by atoms with Crippen molar-refractivity contribution in [2.24, 2.45) is 0 Å². The number of carbonyl (C=O) groups excluding carboxylic acids is 2. The minimum absolute atomic E-state index is 0.0191. The predicted molar refractivity (Wildman–Crippen MR) is 62.5 cm³/mol. The Morgan fingerprint density at radius 1 is 1.28 bits per heavy atom. The summed E-state index contributed by atoms with van der Waals surface area (Å²) in [7, 11) is 0. The number of halogens is 1. The Labute approximate surface area is 103 Å². The van der Waals surface area contributed by atoms with Gasteiger partial charge >= 0.3 is 12.1 Å². The first-order chi connectivity index (χ1) is 8.63. The van der Waals surface area contributed by atoms with Gasteiger partial charge in [0, 0.05) is 6.08 Å². The van der Waals surface area contributed by atoms with E-state index in [2.05, 4.69) is 21.4 Å². The van der Waals surface area contributed by atoms with E-state index in [1.54, 1.807) is 6.07 Å². The van der Waals surface area contributed by atoms with Gasteiger partial charge < -0.3 is 9.47 Å². The highest BCUT2D eigenvalue weighted by molar-refractivity contribution is 5.84. The quantitative estimate of drug-likeness (QED) is 0.496. The molecule has 0 saturated carbocycles. The zero-order valence-electron chi connectivity index (χ0n) is 9.52. The average molecular weight is 253 g/mol. The molecule has 96 valence electrons. The first-order valence-corrected chi connectivity index (χ1v) is 5.11. The van der Waals surface area contributed by atoms with Gasteiger partial charge in [-0.25, -0.2) is 14.0 Å². The maximum absolute atomic E-state index is 13.1. The Balaban J connectivity index is 2.28. The molecule has 5 nitrogen and oxygen atoms in total. The lowest BCUT2D eigenvalue weighted by Gasteiger charge is -2.07. The Morgan fingerprint density at radius 3 is 2.61 bits per heavy atom. The monoisotopic (exact) mass is 253 g/mol. The van der Waals surface area contributed by atoms with Crippen molar-refractivity contribution in [3.05, 3.63) is 42.7 Å². The summed E-state index contributed by atoms with van der Waals surface area (Å²) in [5.74, 6) is -1.17. The number of para-hydroxylation sites is 1. The highest BCUT2D eigenvalue weighted by Crippen LogP contribution is 2.12. The Hall–Kier alpha value is -2.37. The van der Waals surface area contributed by atoms with E-state index in [1.165, 1.54) is 18.2 Å². The van der Waals surface area contributed by atoms with Crippen molar-refractivity contribution in [1.29, 1.82) is 0 Å². The number of hydrogen-bond donors (Lipinski definition) is 1. The number of hydrogen-bond acceptors (Lipinski definition) is 4. The van der Waals surface area contributed by atoms with Crippen molar-refractivity contribution in [3.8, 4) is 0 Å². The van der Waals surface area contributed by atoms with E-state index in [9.17, 15) is 14.0 Å². The third kappa shape index (κ3) is 4.65. The summed E-state index contributed by atoms with van der Waals surface area (Å²) < 4.78 is 22.4. The van der Waals surface area contributed by atoms with Gasteiger partial charge in [0.05, 0.1) is 5.69 Å². The van der Waals surface area contributed by atoms with Crippen LogP contribution in [0, 0.1) is 5.82 Å². The number of nitrogens with one attached hydrogen (secondary N) is 1. The van der Waals surface area contributed by atoms with Crippen LogP contribution in [0.3, 0.4) is 0 Å². The van der Waals surface area contributed by atoms with E-state index in [-0.39, 0.29) is 18.9 Å². The van der Waals surface area contributed by atoms with Gasteiger partial charge in [0.2, 0.25) is 0 Å². The number of amides is 1. The van der Waals surface area contributed by atoms with Crippen molar-refractivity contribution in [2.75, 3.05) is 18.5 Å². The molecule has 0 heterocycles. The maximum atomic E-state index is 13.1. The molecule has 0 fully saturated rings. The van der Waals surface area contributed by atoms with Crippen LogP contribution in [0.15, 0.2) is 36.9 Å². The van der Waals surface area contributed by atoms with Crippen molar-refractivity contribution in [2.45, 2.75) is 0 Å². The summed E-state index contributed by atoms with van der Waals surface area (Å²) in [6.07, 6.45) is 0.175. The molecule has 0 aliphatic rings. The zero-order valence-corrected chi connectivity index (χ0v) is 9.52. The van der Waals surface area contributed by atoms with Gasteiger partial charge in [-0.05, 0) is 12.1 Å². The SMILES string of the molecule is C=CC(=O)OCCOC(=O)Nc1ccccc1F. The molecule has 0 aliphatic heterocycles. The van der Waals surface area contributed by atoms with E-state index in [4.69, 9.17) is 0 Å². The molecule has 0 radical (unpaired) electrons. The molecular weight excluding hydrogens is 241 g/mol. The molecule has 0 aromatic heterocycles. The zero-order chi connectivity index (χ0) is 13.4. The molecule has 1 amide bonds. The summed E-state index contributed by atoms with van der Waals surface area (Å²) in [5, 5.41) is 2.22. The van der Waals surface area contributed by atoms with E-state index < -0.39 is 17.9 Å². The van der Waals surface area contributed by atoms with Crippen LogP contribution < -0.4 is 5.32 Å². The minimum atomic E-state index is -0.824. The van der Waals surface area contributed by atoms with E-state index in [0.29, 0.717) is 0 Å². The highest BCUT2D eigenvalue weighted by Gasteiger charge is 2.06. The van der Waals surface area contributed by atoms with Crippen LogP contribution in [0.4, 0.5) is 14.9 Å². The summed E-state index contributed by atoms with van der Waals surface area (Å²) >= 11 is 0. The van der Waals surface area contributed by atoms with Crippen molar-refractivity contribution < 1.29 is 23.5 Å². The van der Waals surface area contributed by atoms with E-state index >= 15 is 0 Å². The van der Waals surface area contributed by atoms with Crippen LogP contribution in [-0.2, 0) is 14.3 Å². The summed E-state index contributed by atoms with van der Waals surface area (Å²) in [6.45, 7) is 2.99. The van der Waals surface area contributed by atoms with Gasteiger partial charge in [-0.1, -0.05) is 18.7 Å². The normalized spacial score (nSPS) is 9.39. The van der Waals surface area contributed by atoms with Crippen LogP contribution in [0.25, 0.3) is 0 Å². The smallest absolute Gasteiger partial charge is 0.411 e. The lowest BCUT2D eigenvalue weighted by molar-refractivity contribution is -0.138. The molecule has 0 saturated heterocycles. The molecule has 1 aromatic rings. The van der Waals surface area contributed by atoms with Crippen molar-refractivity contribution >= 4 is 17.7 Å². The van der Waals surface area contributed by atoms with Gasteiger partial charge in [0.15, 0.2) is 0 Å². The van der Waals surface area contributed by atoms with Crippen LogP contribution in [0.5, 0.6) is 0 Å². The van der Waals surface area contributed by atoms with Crippen molar-refractivity contribution in [3.63, 3.8) is 0 Å². The molecule has 0 atom stereocenters.